The molecule has 0 aliphatic carbocycles. The average Bonchev–Trinajstić information content (AvgIpc) is 2.52. The summed E-state index contributed by atoms with van der Waals surface area (Å²) in [5.41, 5.74) is 2.71. The van der Waals surface area contributed by atoms with Crippen molar-refractivity contribution in [3.63, 3.8) is 0 Å². The molecule has 0 spiro atoms. The lowest BCUT2D eigenvalue weighted by Gasteiger charge is -2.10. The van der Waals surface area contributed by atoms with Gasteiger partial charge >= 0.3 is 0 Å². The van der Waals surface area contributed by atoms with E-state index >= 15 is 0 Å². The second kappa shape index (κ2) is 6.00. The SMILES string of the molecule is CC(=O)c1cccc(Nc2nncc3c(I)c(C)ccc23)c1. The van der Waals surface area contributed by atoms with E-state index in [4.69, 9.17) is 0 Å². The molecule has 0 radical (unpaired) electrons. The zero-order valence-corrected chi connectivity index (χ0v) is 14.4. The number of halogens is 1. The van der Waals surface area contributed by atoms with E-state index in [1.807, 2.05) is 24.3 Å². The van der Waals surface area contributed by atoms with Crippen LogP contribution in [-0.2, 0) is 0 Å². The molecular formula is C17H14IN3O. The molecule has 1 N–H and O–H groups in total. The molecule has 0 aliphatic rings. The van der Waals surface area contributed by atoms with Crippen molar-refractivity contribution in [3.05, 3.63) is 57.3 Å². The second-order valence-electron chi connectivity index (χ2n) is 5.11. The minimum Gasteiger partial charge on any atom is -0.338 e. The summed E-state index contributed by atoms with van der Waals surface area (Å²) in [4.78, 5) is 11.5. The van der Waals surface area contributed by atoms with Crippen molar-refractivity contribution in [2.24, 2.45) is 0 Å². The Morgan fingerprint density at radius 3 is 2.77 bits per heavy atom. The van der Waals surface area contributed by atoms with Crippen LogP contribution in [0.2, 0.25) is 0 Å². The smallest absolute Gasteiger partial charge is 0.161 e. The quantitative estimate of drug-likeness (QED) is 0.517. The van der Waals surface area contributed by atoms with Gasteiger partial charge in [-0.1, -0.05) is 24.3 Å². The van der Waals surface area contributed by atoms with E-state index in [2.05, 4.69) is 51.1 Å². The summed E-state index contributed by atoms with van der Waals surface area (Å²) in [5, 5.41) is 13.6. The van der Waals surface area contributed by atoms with Crippen molar-refractivity contribution in [2.75, 3.05) is 5.32 Å². The molecule has 0 fully saturated rings. The summed E-state index contributed by atoms with van der Waals surface area (Å²) in [6.07, 6.45) is 1.78. The minimum absolute atomic E-state index is 0.0397. The number of hydrogen-bond acceptors (Lipinski definition) is 4. The molecule has 0 saturated carbocycles. The third-order valence-electron chi connectivity index (χ3n) is 3.50. The van der Waals surface area contributed by atoms with Gasteiger partial charge in [-0.05, 0) is 54.1 Å². The predicted octanol–water partition coefficient (Wildman–Crippen LogP) is 4.49. The van der Waals surface area contributed by atoms with Crippen molar-refractivity contribution in [1.29, 1.82) is 0 Å². The third kappa shape index (κ3) is 2.81. The van der Waals surface area contributed by atoms with Crippen LogP contribution in [0, 0.1) is 10.5 Å². The molecule has 1 heterocycles. The predicted molar refractivity (Wildman–Crippen MR) is 96.7 cm³/mol. The Labute approximate surface area is 142 Å². The molecule has 0 bridgehead atoms. The largest absolute Gasteiger partial charge is 0.338 e. The Morgan fingerprint density at radius 1 is 1.18 bits per heavy atom. The Balaban J connectivity index is 2.06. The number of carbonyl (C=O) groups is 1. The van der Waals surface area contributed by atoms with Gasteiger partial charge < -0.3 is 5.32 Å². The topological polar surface area (TPSA) is 54.9 Å². The standard InChI is InChI=1S/C17H14IN3O/c1-10-6-7-14-15(16(10)18)9-19-21-17(14)20-13-5-3-4-12(8-13)11(2)22/h3-9H,1-2H3,(H,20,21). The normalized spacial score (nSPS) is 10.7. The summed E-state index contributed by atoms with van der Waals surface area (Å²) in [6.45, 7) is 3.63. The lowest BCUT2D eigenvalue weighted by Crippen LogP contribution is -1.99. The first-order valence-electron chi connectivity index (χ1n) is 6.85. The van der Waals surface area contributed by atoms with Crippen LogP contribution in [0.4, 0.5) is 11.5 Å². The molecule has 0 saturated heterocycles. The zero-order valence-electron chi connectivity index (χ0n) is 12.2. The van der Waals surface area contributed by atoms with Crippen molar-refractivity contribution in [1.82, 2.24) is 10.2 Å². The molecule has 2 aromatic carbocycles. The van der Waals surface area contributed by atoms with Crippen molar-refractivity contribution < 1.29 is 4.79 Å². The molecule has 22 heavy (non-hydrogen) atoms. The van der Waals surface area contributed by atoms with E-state index in [9.17, 15) is 4.79 Å². The molecule has 5 heteroatoms. The fourth-order valence-electron chi connectivity index (χ4n) is 2.28. The molecule has 0 unspecified atom stereocenters. The zero-order chi connectivity index (χ0) is 15.7. The number of anilines is 2. The van der Waals surface area contributed by atoms with Gasteiger partial charge in [0.15, 0.2) is 11.6 Å². The summed E-state index contributed by atoms with van der Waals surface area (Å²) in [7, 11) is 0. The molecule has 0 atom stereocenters. The van der Waals surface area contributed by atoms with Gasteiger partial charge in [0.2, 0.25) is 0 Å². The summed E-state index contributed by atoms with van der Waals surface area (Å²) < 4.78 is 1.17. The van der Waals surface area contributed by atoms with Crippen LogP contribution < -0.4 is 5.32 Å². The molecule has 3 aromatic rings. The molecule has 3 rings (SSSR count). The van der Waals surface area contributed by atoms with Crippen LogP contribution >= 0.6 is 22.6 Å². The number of aromatic nitrogens is 2. The van der Waals surface area contributed by atoms with Crippen molar-refractivity contribution in [2.45, 2.75) is 13.8 Å². The summed E-state index contributed by atoms with van der Waals surface area (Å²) in [5.74, 6) is 0.731. The second-order valence-corrected chi connectivity index (χ2v) is 6.19. The molecule has 0 aliphatic heterocycles. The first-order chi connectivity index (χ1) is 10.6. The monoisotopic (exact) mass is 403 g/mol. The maximum Gasteiger partial charge on any atom is 0.161 e. The lowest BCUT2D eigenvalue weighted by molar-refractivity contribution is 0.101. The first-order valence-corrected chi connectivity index (χ1v) is 7.92. The number of rotatable bonds is 3. The van der Waals surface area contributed by atoms with Gasteiger partial charge in [-0.15, -0.1) is 5.10 Å². The van der Waals surface area contributed by atoms with Gasteiger partial charge in [-0.25, -0.2) is 0 Å². The first kappa shape index (κ1) is 14.9. The number of hydrogen-bond donors (Lipinski definition) is 1. The van der Waals surface area contributed by atoms with Crippen LogP contribution in [-0.4, -0.2) is 16.0 Å². The van der Waals surface area contributed by atoms with Crippen LogP contribution in [0.3, 0.4) is 0 Å². The van der Waals surface area contributed by atoms with E-state index in [-0.39, 0.29) is 5.78 Å². The fourth-order valence-corrected chi connectivity index (χ4v) is 2.89. The van der Waals surface area contributed by atoms with E-state index in [1.54, 1.807) is 19.2 Å². The number of benzene rings is 2. The highest BCUT2D eigenvalue weighted by Crippen LogP contribution is 2.28. The average molecular weight is 403 g/mol. The number of ketones is 1. The maximum absolute atomic E-state index is 11.5. The fraction of sp³-hybridized carbons (Fsp3) is 0.118. The van der Waals surface area contributed by atoms with Gasteiger partial charge in [0.1, 0.15) is 0 Å². The Hall–Kier alpha value is -2.02. The third-order valence-corrected chi connectivity index (χ3v) is 4.94. The lowest BCUT2D eigenvalue weighted by atomic mass is 10.1. The highest BCUT2D eigenvalue weighted by molar-refractivity contribution is 14.1. The van der Waals surface area contributed by atoms with Crippen LogP contribution in [0.25, 0.3) is 10.8 Å². The van der Waals surface area contributed by atoms with Crippen LogP contribution in [0.15, 0.2) is 42.6 Å². The Kier molecular flexibility index (Phi) is 4.06. The van der Waals surface area contributed by atoms with Gasteiger partial charge in [-0.2, -0.15) is 5.10 Å². The number of fused-ring (bicyclic) bond motifs is 1. The minimum atomic E-state index is 0.0397. The number of carbonyl (C=O) groups excluding carboxylic acids is 1. The van der Waals surface area contributed by atoms with Gasteiger partial charge in [0.25, 0.3) is 0 Å². The summed E-state index contributed by atoms with van der Waals surface area (Å²) in [6, 6.07) is 11.5. The number of nitrogens with one attached hydrogen (secondary N) is 1. The van der Waals surface area contributed by atoms with Crippen molar-refractivity contribution >= 4 is 50.7 Å². The highest BCUT2D eigenvalue weighted by Gasteiger charge is 2.09. The van der Waals surface area contributed by atoms with Gasteiger partial charge in [0.05, 0.1) is 6.20 Å². The highest BCUT2D eigenvalue weighted by atomic mass is 127. The van der Waals surface area contributed by atoms with E-state index in [1.165, 1.54) is 9.13 Å². The summed E-state index contributed by atoms with van der Waals surface area (Å²) >= 11 is 2.32. The number of Topliss-reactive ketones (excluding diaryl/α,β-unsaturated/α-hetero) is 1. The molecule has 4 nitrogen and oxygen atoms in total. The van der Waals surface area contributed by atoms with E-state index in [0.717, 1.165) is 16.5 Å². The molecule has 1 aromatic heterocycles. The van der Waals surface area contributed by atoms with E-state index < -0.39 is 0 Å². The number of aryl methyl sites for hydroxylation is 1. The van der Waals surface area contributed by atoms with Crippen LogP contribution in [0.1, 0.15) is 22.8 Å². The van der Waals surface area contributed by atoms with Gasteiger partial charge in [0, 0.05) is 25.6 Å². The number of nitrogens with zero attached hydrogens (tertiary/aromatic N) is 2. The molecule has 110 valence electrons. The molecular weight excluding hydrogens is 389 g/mol. The van der Waals surface area contributed by atoms with Crippen LogP contribution in [0.5, 0.6) is 0 Å². The Bertz CT molecular complexity index is 877. The van der Waals surface area contributed by atoms with Gasteiger partial charge in [-0.3, -0.25) is 4.79 Å². The maximum atomic E-state index is 11.5. The Morgan fingerprint density at radius 2 is 2.00 bits per heavy atom. The molecule has 0 amide bonds. The van der Waals surface area contributed by atoms with Crippen molar-refractivity contribution in [3.8, 4) is 0 Å². The van der Waals surface area contributed by atoms with E-state index in [0.29, 0.717) is 11.4 Å².